The molecule has 0 spiro atoms. The van der Waals surface area contributed by atoms with Crippen LogP contribution in [0.2, 0.25) is 0 Å². The Kier molecular flexibility index (Phi) is 7.81. The summed E-state index contributed by atoms with van der Waals surface area (Å²) in [5.41, 5.74) is 0.393. The number of carbonyl (C=O) groups excluding carboxylic acids is 3. The van der Waals surface area contributed by atoms with Crippen LogP contribution in [-0.4, -0.2) is 30.9 Å². The molecule has 0 amide bonds. The molecule has 0 aromatic carbocycles. The Morgan fingerprint density at radius 3 is 2.00 bits per heavy atom. The van der Waals surface area contributed by atoms with Gasteiger partial charge in [-0.15, -0.1) is 0 Å². The number of nitrogens with zero attached hydrogens (tertiary/aromatic N) is 1. The first-order valence-corrected chi connectivity index (χ1v) is 5.65. The Morgan fingerprint density at radius 2 is 1.63 bits per heavy atom. The van der Waals surface area contributed by atoms with Gasteiger partial charge >= 0.3 is 11.9 Å². The molecule has 0 heterocycles. The van der Waals surface area contributed by atoms with E-state index in [0.29, 0.717) is 6.42 Å². The number of ether oxygens (including phenoxy) is 2. The lowest BCUT2D eigenvalue weighted by molar-refractivity contribution is -0.183. The molecule has 0 N–H and O–H groups in total. The summed E-state index contributed by atoms with van der Waals surface area (Å²) < 4.78 is 9.90. The Bertz CT molecular complexity index is 393. The minimum absolute atomic E-state index is 0.197. The van der Waals surface area contributed by atoms with E-state index in [1.165, 1.54) is 19.9 Å². The van der Waals surface area contributed by atoms with E-state index in [9.17, 15) is 14.4 Å². The number of hydrogen-bond acceptors (Lipinski definition) is 6. The molecule has 0 saturated carbocycles. The van der Waals surface area contributed by atoms with Crippen LogP contribution in [0.5, 0.6) is 0 Å². The van der Waals surface area contributed by atoms with Gasteiger partial charge < -0.3 is 9.47 Å². The van der Waals surface area contributed by atoms with Crippen molar-refractivity contribution in [1.82, 2.24) is 0 Å². The molecular weight excluding hydrogens is 250 g/mol. The molecular formula is C13H17NO5. The Labute approximate surface area is 111 Å². The summed E-state index contributed by atoms with van der Waals surface area (Å²) in [7, 11) is 0. The number of hydrogen-bond donors (Lipinski definition) is 0. The fourth-order valence-electron chi connectivity index (χ4n) is 0.965. The van der Waals surface area contributed by atoms with Crippen LogP contribution in [0.3, 0.4) is 0 Å². The summed E-state index contributed by atoms with van der Waals surface area (Å²) in [5, 5.41) is 0. The van der Waals surface area contributed by atoms with Crippen molar-refractivity contribution in [1.29, 1.82) is 0 Å². The van der Waals surface area contributed by atoms with Crippen LogP contribution >= 0.6 is 0 Å². The highest BCUT2D eigenvalue weighted by Crippen LogP contribution is 2.10. The van der Waals surface area contributed by atoms with E-state index in [2.05, 4.69) is 18.2 Å². The topological polar surface area (TPSA) is 82.0 Å². The molecule has 0 bridgehead atoms. The average Bonchev–Trinajstić information content (AvgIpc) is 2.33. The molecule has 0 aliphatic heterocycles. The molecule has 0 aliphatic rings. The zero-order valence-corrected chi connectivity index (χ0v) is 11.1. The van der Waals surface area contributed by atoms with E-state index in [0.717, 1.165) is 0 Å². The average molecular weight is 267 g/mol. The predicted octanol–water partition coefficient (Wildman–Crippen LogP) is 1.67. The van der Waals surface area contributed by atoms with Gasteiger partial charge in [-0.1, -0.05) is 13.2 Å². The largest absolute Gasteiger partial charge is 0.422 e. The first kappa shape index (κ1) is 16.8. The Morgan fingerprint density at radius 1 is 1.16 bits per heavy atom. The third-order valence-electron chi connectivity index (χ3n) is 1.95. The molecule has 0 aromatic rings. The van der Waals surface area contributed by atoms with Crippen LogP contribution in [0.1, 0.15) is 26.7 Å². The van der Waals surface area contributed by atoms with Gasteiger partial charge in [0.2, 0.25) is 12.4 Å². The quantitative estimate of drug-likeness (QED) is 0.167. The van der Waals surface area contributed by atoms with Gasteiger partial charge in [0.05, 0.1) is 6.54 Å². The van der Waals surface area contributed by atoms with Gasteiger partial charge in [0.1, 0.15) is 0 Å². The summed E-state index contributed by atoms with van der Waals surface area (Å²) in [6.07, 6.45) is 0.980. The Hall–Kier alpha value is -2.20. The van der Waals surface area contributed by atoms with Crippen LogP contribution in [0.15, 0.2) is 29.3 Å². The van der Waals surface area contributed by atoms with Crippen molar-refractivity contribution in [3.8, 4) is 0 Å². The van der Waals surface area contributed by atoms with Crippen LogP contribution in [0, 0.1) is 0 Å². The SMILES string of the molecule is C=C(C)C(=O)OC(CCCN=C=O)OC(=O)C(=C)C. The lowest BCUT2D eigenvalue weighted by Crippen LogP contribution is -2.25. The van der Waals surface area contributed by atoms with Crippen LogP contribution in [0.4, 0.5) is 0 Å². The minimum atomic E-state index is -1.05. The molecule has 0 aliphatic carbocycles. The van der Waals surface area contributed by atoms with E-state index in [1.54, 1.807) is 0 Å². The minimum Gasteiger partial charge on any atom is -0.422 e. The fraction of sp³-hybridized carbons (Fsp3) is 0.462. The monoisotopic (exact) mass is 267 g/mol. The fourth-order valence-corrected chi connectivity index (χ4v) is 0.965. The van der Waals surface area contributed by atoms with Crippen molar-refractivity contribution < 1.29 is 23.9 Å². The second-order valence-electron chi connectivity index (χ2n) is 3.92. The first-order valence-electron chi connectivity index (χ1n) is 5.65. The highest BCUT2D eigenvalue weighted by atomic mass is 16.7. The molecule has 0 rings (SSSR count). The van der Waals surface area contributed by atoms with E-state index < -0.39 is 18.2 Å². The molecule has 104 valence electrons. The maximum absolute atomic E-state index is 11.4. The van der Waals surface area contributed by atoms with E-state index in [4.69, 9.17) is 9.47 Å². The molecule has 6 nitrogen and oxygen atoms in total. The van der Waals surface area contributed by atoms with Crippen molar-refractivity contribution in [3.63, 3.8) is 0 Å². The molecule has 0 atom stereocenters. The standard InChI is InChI=1S/C13H17NO5/c1-9(2)12(16)18-11(6-5-7-14-8-15)19-13(17)10(3)4/h11H,1,3,5-7H2,2,4H3. The van der Waals surface area contributed by atoms with Crippen molar-refractivity contribution in [3.05, 3.63) is 24.3 Å². The van der Waals surface area contributed by atoms with Gasteiger partial charge in [-0.3, -0.25) is 0 Å². The smallest absolute Gasteiger partial charge is 0.336 e. The normalized spacial score (nSPS) is 9.42. The first-order chi connectivity index (χ1) is 8.88. The zero-order valence-electron chi connectivity index (χ0n) is 11.1. The molecule has 0 fully saturated rings. The maximum Gasteiger partial charge on any atom is 0.336 e. The Balaban J connectivity index is 4.49. The third-order valence-corrected chi connectivity index (χ3v) is 1.95. The van der Waals surface area contributed by atoms with Crippen LogP contribution < -0.4 is 0 Å². The summed E-state index contributed by atoms with van der Waals surface area (Å²) in [5.74, 6) is -1.31. The van der Waals surface area contributed by atoms with E-state index in [-0.39, 0.29) is 24.1 Å². The van der Waals surface area contributed by atoms with E-state index >= 15 is 0 Å². The molecule has 19 heavy (non-hydrogen) atoms. The van der Waals surface area contributed by atoms with Crippen molar-refractivity contribution in [2.45, 2.75) is 33.0 Å². The van der Waals surface area contributed by atoms with Crippen molar-refractivity contribution in [2.75, 3.05) is 6.54 Å². The zero-order chi connectivity index (χ0) is 14.8. The second kappa shape index (κ2) is 8.83. The number of rotatable bonds is 8. The summed E-state index contributed by atoms with van der Waals surface area (Å²) in [6, 6.07) is 0. The molecule has 6 heteroatoms. The lowest BCUT2D eigenvalue weighted by Gasteiger charge is -2.18. The summed E-state index contributed by atoms with van der Waals surface area (Å²) >= 11 is 0. The lowest BCUT2D eigenvalue weighted by atomic mass is 10.3. The number of isocyanates is 1. The number of esters is 2. The van der Waals surface area contributed by atoms with Crippen molar-refractivity contribution >= 4 is 18.0 Å². The highest BCUT2D eigenvalue weighted by molar-refractivity contribution is 5.88. The third kappa shape index (κ3) is 7.68. The molecule has 0 radical (unpaired) electrons. The summed E-state index contributed by atoms with van der Waals surface area (Å²) in [6.45, 7) is 10.0. The molecule has 0 unspecified atom stereocenters. The summed E-state index contributed by atoms with van der Waals surface area (Å²) in [4.78, 5) is 36.0. The van der Waals surface area contributed by atoms with Crippen molar-refractivity contribution in [2.24, 2.45) is 4.99 Å². The van der Waals surface area contributed by atoms with Gasteiger partial charge in [-0.05, 0) is 20.3 Å². The molecule has 0 saturated heterocycles. The van der Waals surface area contributed by atoms with Gasteiger partial charge in [-0.25, -0.2) is 19.4 Å². The van der Waals surface area contributed by atoms with Gasteiger partial charge in [-0.2, -0.15) is 0 Å². The highest BCUT2D eigenvalue weighted by Gasteiger charge is 2.19. The predicted molar refractivity (Wildman–Crippen MR) is 67.8 cm³/mol. The number of aliphatic imine (C=N–C) groups is 1. The van der Waals surface area contributed by atoms with Gasteiger partial charge in [0, 0.05) is 17.6 Å². The second-order valence-corrected chi connectivity index (χ2v) is 3.92. The van der Waals surface area contributed by atoms with Gasteiger partial charge in [0.15, 0.2) is 0 Å². The van der Waals surface area contributed by atoms with Crippen LogP contribution in [-0.2, 0) is 23.9 Å². The molecule has 0 aromatic heterocycles. The number of carbonyl (C=O) groups is 2. The van der Waals surface area contributed by atoms with Gasteiger partial charge in [0.25, 0.3) is 0 Å². The maximum atomic E-state index is 11.4. The van der Waals surface area contributed by atoms with E-state index in [1.807, 2.05) is 0 Å². The van der Waals surface area contributed by atoms with Crippen LogP contribution in [0.25, 0.3) is 0 Å².